The van der Waals surface area contributed by atoms with Crippen molar-refractivity contribution in [1.29, 1.82) is 0 Å². The van der Waals surface area contributed by atoms with Crippen molar-refractivity contribution >= 4 is 0 Å². The summed E-state index contributed by atoms with van der Waals surface area (Å²) >= 11 is 0. The molecular weight excluding hydrogens is 216 g/mol. The molecule has 2 rings (SSSR count). The molecule has 1 N–H and O–H groups in total. The summed E-state index contributed by atoms with van der Waals surface area (Å²) in [4.78, 5) is 0. The van der Waals surface area contributed by atoms with Crippen LogP contribution in [-0.4, -0.2) is 26.3 Å². The Morgan fingerprint density at radius 2 is 2.19 bits per heavy atom. The van der Waals surface area contributed by atoms with Crippen LogP contribution in [0.3, 0.4) is 0 Å². The molecule has 0 amide bonds. The van der Waals surface area contributed by atoms with E-state index in [0.717, 1.165) is 6.54 Å². The number of alkyl halides is 2. The van der Waals surface area contributed by atoms with Crippen molar-refractivity contribution in [3.63, 3.8) is 0 Å². The number of hydrogen-bond acceptors (Lipinski definition) is 3. The van der Waals surface area contributed by atoms with Crippen LogP contribution in [0, 0.1) is 0 Å². The molecule has 0 aromatic heterocycles. The van der Waals surface area contributed by atoms with Crippen LogP contribution in [0.5, 0.6) is 5.75 Å². The van der Waals surface area contributed by atoms with Gasteiger partial charge < -0.3 is 14.8 Å². The quantitative estimate of drug-likeness (QED) is 0.859. The van der Waals surface area contributed by atoms with E-state index in [1.807, 2.05) is 0 Å². The third-order valence-corrected chi connectivity index (χ3v) is 2.41. The third kappa shape index (κ3) is 2.68. The second-order valence-corrected chi connectivity index (χ2v) is 3.48. The number of rotatable bonds is 3. The molecule has 0 saturated carbocycles. The van der Waals surface area contributed by atoms with Gasteiger partial charge in [0, 0.05) is 18.7 Å². The summed E-state index contributed by atoms with van der Waals surface area (Å²) in [5.41, 5.74) is 0.662. The summed E-state index contributed by atoms with van der Waals surface area (Å²) in [7, 11) is 0. The Labute approximate surface area is 92.4 Å². The van der Waals surface area contributed by atoms with Crippen LogP contribution in [0.1, 0.15) is 11.7 Å². The molecule has 0 radical (unpaired) electrons. The lowest BCUT2D eigenvalue weighted by atomic mass is 10.1. The van der Waals surface area contributed by atoms with Crippen LogP contribution in [0.4, 0.5) is 8.78 Å². The van der Waals surface area contributed by atoms with Crippen LogP contribution in [0.2, 0.25) is 0 Å². The van der Waals surface area contributed by atoms with Gasteiger partial charge in [0.2, 0.25) is 0 Å². The highest BCUT2D eigenvalue weighted by atomic mass is 19.3. The topological polar surface area (TPSA) is 30.5 Å². The Balaban J connectivity index is 2.17. The highest BCUT2D eigenvalue weighted by Crippen LogP contribution is 2.29. The Morgan fingerprint density at radius 3 is 2.88 bits per heavy atom. The van der Waals surface area contributed by atoms with E-state index in [9.17, 15) is 8.78 Å². The van der Waals surface area contributed by atoms with Gasteiger partial charge in [-0.25, -0.2) is 0 Å². The highest BCUT2D eigenvalue weighted by Gasteiger charge is 2.20. The molecule has 3 nitrogen and oxygen atoms in total. The molecule has 0 aliphatic carbocycles. The number of benzene rings is 1. The Bertz CT molecular complexity index is 341. The van der Waals surface area contributed by atoms with Crippen molar-refractivity contribution in [2.45, 2.75) is 12.7 Å². The average molecular weight is 229 g/mol. The van der Waals surface area contributed by atoms with Gasteiger partial charge in [-0.3, -0.25) is 0 Å². The second kappa shape index (κ2) is 5.23. The maximum atomic E-state index is 12.2. The molecule has 1 aromatic rings. The summed E-state index contributed by atoms with van der Waals surface area (Å²) < 4.78 is 34.3. The standard InChI is InChI=1S/C11H13F2NO2/c12-11(13)16-9-4-2-1-3-8(9)10-7-14-5-6-15-10/h1-4,10-11,14H,5-7H2. The zero-order valence-electron chi connectivity index (χ0n) is 8.66. The summed E-state index contributed by atoms with van der Waals surface area (Å²) in [5.74, 6) is 0.186. The second-order valence-electron chi connectivity index (χ2n) is 3.48. The van der Waals surface area contributed by atoms with Gasteiger partial charge in [0.15, 0.2) is 0 Å². The fourth-order valence-corrected chi connectivity index (χ4v) is 1.72. The predicted molar refractivity (Wildman–Crippen MR) is 54.6 cm³/mol. The van der Waals surface area contributed by atoms with Gasteiger partial charge in [-0.2, -0.15) is 8.78 Å². The third-order valence-electron chi connectivity index (χ3n) is 2.41. The predicted octanol–water partition coefficient (Wildman–Crippen LogP) is 1.95. The molecule has 1 atom stereocenters. The van der Waals surface area contributed by atoms with Gasteiger partial charge in [0.25, 0.3) is 0 Å². The first-order valence-corrected chi connectivity index (χ1v) is 5.13. The number of hydrogen-bond donors (Lipinski definition) is 1. The smallest absolute Gasteiger partial charge is 0.387 e. The average Bonchev–Trinajstić information content (AvgIpc) is 2.30. The minimum Gasteiger partial charge on any atom is -0.434 e. The number of halogens is 2. The summed E-state index contributed by atoms with van der Waals surface area (Å²) in [6.45, 7) is -0.830. The summed E-state index contributed by atoms with van der Waals surface area (Å²) in [6, 6.07) is 6.72. The zero-order valence-corrected chi connectivity index (χ0v) is 8.66. The minimum atomic E-state index is -2.81. The van der Waals surface area contributed by atoms with E-state index in [1.165, 1.54) is 6.07 Å². The molecule has 1 heterocycles. The van der Waals surface area contributed by atoms with Gasteiger partial charge in [-0.15, -0.1) is 0 Å². The van der Waals surface area contributed by atoms with Crippen molar-refractivity contribution in [2.75, 3.05) is 19.7 Å². The number of nitrogens with one attached hydrogen (secondary N) is 1. The van der Waals surface area contributed by atoms with Crippen LogP contribution in [0.15, 0.2) is 24.3 Å². The van der Waals surface area contributed by atoms with Crippen LogP contribution in [-0.2, 0) is 4.74 Å². The van der Waals surface area contributed by atoms with Gasteiger partial charge >= 0.3 is 6.61 Å². The van der Waals surface area contributed by atoms with Gasteiger partial charge in [0.1, 0.15) is 5.75 Å². The molecule has 1 aromatic carbocycles. The first-order valence-electron chi connectivity index (χ1n) is 5.13. The lowest BCUT2D eigenvalue weighted by molar-refractivity contribution is -0.0533. The molecule has 1 fully saturated rings. The molecule has 88 valence electrons. The number of morpholine rings is 1. The lowest BCUT2D eigenvalue weighted by Gasteiger charge is -2.25. The molecule has 5 heteroatoms. The molecular formula is C11H13F2NO2. The maximum absolute atomic E-state index is 12.2. The van der Waals surface area contributed by atoms with Crippen LogP contribution >= 0.6 is 0 Å². The van der Waals surface area contributed by atoms with E-state index in [2.05, 4.69) is 10.1 Å². The van der Waals surface area contributed by atoms with Crippen LogP contribution in [0.25, 0.3) is 0 Å². The van der Waals surface area contributed by atoms with Gasteiger partial charge in [-0.1, -0.05) is 18.2 Å². The van der Waals surface area contributed by atoms with E-state index in [0.29, 0.717) is 18.7 Å². The Hall–Kier alpha value is -1.20. The first-order chi connectivity index (χ1) is 7.77. The first kappa shape index (κ1) is 11.3. The minimum absolute atomic E-state index is 0.186. The molecule has 1 aliphatic heterocycles. The van der Waals surface area contributed by atoms with E-state index in [-0.39, 0.29) is 11.9 Å². The zero-order chi connectivity index (χ0) is 11.4. The van der Waals surface area contributed by atoms with E-state index >= 15 is 0 Å². The molecule has 16 heavy (non-hydrogen) atoms. The van der Waals surface area contributed by atoms with Crippen molar-refractivity contribution in [3.05, 3.63) is 29.8 Å². The monoisotopic (exact) mass is 229 g/mol. The normalized spacial score (nSPS) is 21.1. The van der Waals surface area contributed by atoms with Gasteiger partial charge in [-0.05, 0) is 6.07 Å². The molecule has 0 spiro atoms. The van der Waals surface area contributed by atoms with Crippen molar-refractivity contribution in [1.82, 2.24) is 5.32 Å². The van der Waals surface area contributed by atoms with E-state index < -0.39 is 6.61 Å². The Kier molecular flexibility index (Phi) is 3.69. The van der Waals surface area contributed by atoms with Crippen molar-refractivity contribution in [2.24, 2.45) is 0 Å². The van der Waals surface area contributed by atoms with E-state index in [1.54, 1.807) is 18.2 Å². The fourth-order valence-electron chi connectivity index (χ4n) is 1.72. The SMILES string of the molecule is FC(F)Oc1ccccc1C1CNCCO1. The largest absolute Gasteiger partial charge is 0.434 e. The molecule has 1 aliphatic rings. The van der Waals surface area contributed by atoms with E-state index in [4.69, 9.17) is 4.74 Å². The van der Waals surface area contributed by atoms with Crippen molar-refractivity contribution in [3.8, 4) is 5.75 Å². The lowest BCUT2D eigenvalue weighted by Crippen LogP contribution is -2.33. The maximum Gasteiger partial charge on any atom is 0.387 e. The number of para-hydroxylation sites is 1. The molecule has 1 saturated heterocycles. The van der Waals surface area contributed by atoms with Crippen molar-refractivity contribution < 1.29 is 18.3 Å². The van der Waals surface area contributed by atoms with Gasteiger partial charge in [0.05, 0.1) is 12.7 Å². The molecule has 1 unspecified atom stereocenters. The Morgan fingerprint density at radius 1 is 1.38 bits per heavy atom. The molecule has 0 bridgehead atoms. The fraction of sp³-hybridized carbons (Fsp3) is 0.455. The summed E-state index contributed by atoms with van der Waals surface area (Å²) in [5, 5.41) is 3.15. The van der Waals surface area contributed by atoms with Crippen LogP contribution < -0.4 is 10.1 Å². The summed E-state index contributed by atoms with van der Waals surface area (Å²) in [6.07, 6.45) is -0.219. The number of ether oxygens (including phenoxy) is 2. The highest BCUT2D eigenvalue weighted by molar-refractivity contribution is 5.35.